The van der Waals surface area contributed by atoms with Crippen LogP contribution in [-0.2, 0) is 10.0 Å². The Morgan fingerprint density at radius 3 is 2.41 bits per heavy atom. The van der Waals surface area contributed by atoms with Crippen LogP contribution in [0.1, 0.15) is 36.0 Å². The van der Waals surface area contributed by atoms with Gasteiger partial charge >= 0.3 is 0 Å². The number of para-hydroxylation sites is 1. The van der Waals surface area contributed by atoms with Crippen LogP contribution in [-0.4, -0.2) is 68.8 Å². The highest BCUT2D eigenvalue weighted by Gasteiger charge is 2.27. The molecule has 0 bridgehead atoms. The zero-order valence-electron chi connectivity index (χ0n) is 19.4. The molecule has 0 unspecified atom stereocenters. The Labute approximate surface area is 203 Å². The molecule has 1 amide bonds. The van der Waals surface area contributed by atoms with E-state index < -0.39 is 15.8 Å². The van der Waals surface area contributed by atoms with Crippen LogP contribution in [0.2, 0.25) is 0 Å². The third kappa shape index (κ3) is 5.30. The first-order valence-corrected chi connectivity index (χ1v) is 13.6. The predicted molar refractivity (Wildman–Crippen MR) is 133 cm³/mol. The van der Waals surface area contributed by atoms with Crippen LogP contribution in [0.15, 0.2) is 47.4 Å². The van der Waals surface area contributed by atoms with Crippen LogP contribution in [0, 0.1) is 5.82 Å². The Bertz CT molecular complexity index is 1250. The lowest BCUT2D eigenvalue weighted by Crippen LogP contribution is -2.35. The fraction of sp³-hybridized carbons (Fsp3) is 0.417. The summed E-state index contributed by atoms with van der Waals surface area (Å²) in [5, 5.41) is 0.425. The normalized spacial score (nSPS) is 15.2. The second-order valence-corrected chi connectivity index (χ2v) is 11.6. The highest BCUT2D eigenvalue weighted by molar-refractivity contribution is 7.89. The van der Waals surface area contributed by atoms with Crippen molar-refractivity contribution in [3.63, 3.8) is 0 Å². The molecular formula is C24H29FN4O3S2. The number of fused-ring (bicyclic) bond motifs is 1. The van der Waals surface area contributed by atoms with Crippen molar-refractivity contribution >= 4 is 42.6 Å². The smallest absolute Gasteiger partial charge is 0.260 e. The van der Waals surface area contributed by atoms with Crippen molar-refractivity contribution in [1.29, 1.82) is 0 Å². The van der Waals surface area contributed by atoms with Crippen LogP contribution in [0.25, 0.3) is 10.2 Å². The third-order valence-electron chi connectivity index (χ3n) is 5.88. The van der Waals surface area contributed by atoms with Crippen molar-refractivity contribution < 1.29 is 17.6 Å². The number of nitrogens with zero attached hydrogens (tertiary/aromatic N) is 4. The maximum absolute atomic E-state index is 14.2. The summed E-state index contributed by atoms with van der Waals surface area (Å²) in [7, 11) is 0.346. The predicted octanol–water partition coefficient (Wildman–Crippen LogP) is 4.21. The van der Waals surface area contributed by atoms with Crippen LogP contribution in [0.5, 0.6) is 0 Å². The number of hydrogen-bond acceptors (Lipinski definition) is 6. The molecule has 0 spiro atoms. The van der Waals surface area contributed by atoms with Gasteiger partial charge in [-0.05, 0) is 76.3 Å². The Morgan fingerprint density at radius 2 is 1.76 bits per heavy atom. The van der Waals surface area contributed by atoms with Gasteiger partial charge in [-0.25, -0.2) is 17.8 Å². The number of rotatable bonds is 8. The summed E-state index contributed by atoms with van der Waals surface area (Å²) in [6.07, 6.45) is 3.47. The van der Waals surface area contributed by atoms with Gasteiger partial charge in [0.25, 0.3) is 5.91 Å². The van der Waals surface area contributed by atoms with E-state index in [2.05, 4.69) is 4.98 Å². The molecule has 2 aromatic carbocycles. The summed E-state index contributed by atoms with van der Waals surface area (Å²) < 4.78 is 42.3. The Kier molecular flexibility index (Phi) is 7.61. The lowest BCUT2D eigenvalue weighted by Gasteiger charge is -2.26. The SMILES string of the molecule is CN(C)CCCN(C(=O)c1ccc(S(=O)(=O)N2CCCCC2)cc1)c1nc2c(F)cccc2s1. The molecule has 7 nitrogen and oxygen atoms in total. The van der Waals surface area contributed by atoms with Gasteiger partial charge in [0.15, 0.2) is 5.13 Å². The molecule has 0 atom stereocenters. The van der Waals surface area contributed by atoms with Gasteiger partial charge in [-0.15, -0.1) is 0 Å². The Balaban J connectivity index is 1.60. The van der Waals surface area contributed by atoms with E-state index in [9.17, 15) is 17.6 Å². The van der Waals surface area contributed by atoms with E-state index in [1.165, 1.54) is 33.8 Å². The van der Waals surface area contributed by atoms with Gasteiger partial charge in [-0.3, -0.25) is 9.69 Å². The zero-order chi connectivity index (χ0) is 24.3. The van der Waals surface area contributed by atoms with Gasteiger partial charge < -0.3 is 4.90 Å². The molecular weight excluding hydrogens is 475 g/mol. The van der Waals surface area contributed by atoms with Gasteiger partial charge in [0.05, 0.1) is 9.60 Å². The van der Waals surface area contributed by atoms with Gasteiger partial charge in [0, 0.05) is 25.2 Å². The van der Waals surface area contributed by atoms with Gasteiger partial charge in [0.1, 0.15) is 11.3 Å². The highest BCUT2D eigenvalue weighted by atomic mass is 32.2. The molecule has 3 aromatic rings. The zero-order valence-corrected chi connectivity index (χ0v) is 21.0. The number of piperidine rings is 1. The summed E-state index contributed by atoms with van der Waals surface area (Å²) in [4.78, 5) is 21.7. The maximum Gasteiger partial charge on any atom is 0.260 e. The van der Waals surface area contributed by atoms with Gasteiger partial charge in [-0.2, -0.15) is 4.31 Å². The average molecular weight is 505 g/mol. The van der Waals surface area contributed by atoms with E-state index in [1.807, 2.05) is 19.0 Å². The quantitative estimate of drug-likeness (QED) is 0.460. The molecule has 10 heteroatoms. The number of benzene rings is 2. The van der Waals surface area contributed by atoms with Gasteiger partial charge in [0.2, 0.25) is 10.0 Å². The summed E-state index contributed by atoms with van der Waals surface area (Å²) in [5.41, 5.74) is 0.609. The minimum atomic E-state index is -3.57. The number of aromatic nitrogens is 1. The summed E-state index contributed by atoms with van der Waals surface area (Å²) >= 11 is 1.27. The van der Waals surface area contributed by atoms with E-state index in [4.69, 9.17) is 0 Å². The summed E-state index contributed by atoms with van der Waals surface area (Å²) in [6, 6.07) is 10.8. The van der Waals surface area contributed by atoms with Crippen LogP contribution < -0.4 is 4.90 Å². The summed E-state index contributed by atoms with van der Waals surface area (Å²) in [5.74, 6) is -0.715. The van der Waals surface area contributed by atoms with Crippen molar-refractivity contribution in [3.8, 4) is 0 Å². The first-order valence-electron chi connectivity index (χ1n) is 11.4. The molecule has 0 aliphatic carbocycles. The van der Waals surface area contributed by atoms with E-state index >= 15 is 0 Å². The first-order chi connectivity index (χ1) is 16.3. The lowest BCUT2D eigenvalue weighted by molar-refractivity contribution is 0.0986. The third-order valence-corrected chi connectivity index (χ3v) is 8.83. The first kappa shape index (κ1) is 24.7. The standard InChI is InChI=1S/C24H29FN4O3S2/c1-27(2)14-7-17-29(24-26-22-20(25)8-6-9-21(22)33-24)23(30)18-10-12-19(13-11-18)34(31,32)28-15-4-3-5-16-28/h6,8-13H,3-5,7,14-17H2,1-2H3. The largest absolute Gasteiger partial charge is 0.309 e. The van der Waals surface area contributed by atoms with Crippen molar-refractivity contribution in [2.45, 2.75) is 30.6 Å². The number of carbonyl (C=O) groups excluding carboxylic acids is 1. The molecule has 182 valence electrons. The number of anilines is 1. The van der Waals surface area contributed by atoms with Crippen molar-refractivity contribution in [2.75, 3.05) is 45.2 Å². The fourth-order valence-corrected chi connectivity index (χ4v) is 6.55. The molecule has 4 rings (SSSR count). The van der Waals surface area contributed by atoms with Crippen molar-refractivity contribution in [2.24, 2.45) is 0 Å². The highest BCUT2D eigenvalue weighted by Crippen LogP contribution is 2.31. The molecule has 1 aromatic heterocycles. The second-order valence-electron chi connectivity index (χ2n) is 8.69. The van der Waals surface area contributed by atoms with Crippen molar-refractivity contribution in [1.82, 2.24) is 14.2 Å². The van der Waals surface area contributed by atoms with E-state index in [-0.39, 0.29) is 16.3 Å². The van der Waals surface area contributed by atoms with E-state index in [0.717, 1.165) is 25.8 Å². The molecule has 1 aliphatic heterocycles. The Morgan fingerprint density at radius 1 is 1.06 bits per heavy atom. The molecule has 1 aliphatic rings. The lowest BCUT2D eigenvalue weighted by atomic mass is 10.2. The van der Waals surface area contributed by atoms with Crippen LogP contribution in [0.4, 0.5) is 9.52 Å². The van der Waals surface area contributed by atoms with Crippen LogP contribution >= 0.6 is 11.3 Å². The molecule has 1 fully saturated rings. The summed E-state index contributed by atoms with van der Waals surface area (Å²) in [6.45, 7) is 2.23. The molecule has 2 heterocycles. The Hall–Kier alpha value is -2.40. The number of sulfonamides is 1. The number of halogens is 1. The maximum atomic E-state index is 14.2. The molecule has 0 radical (unpaired) electrons. The second kappa shape index (κ2) is 10.5. The molecule has 1 saturated heterocycles. The molecule has 0 N–H and O–H groups in total. The van der Waals surface area contributed by atoms with Crippen LogP contribution in [0.3, 0.4) is 0 Å². The number of thiazole rings is 1. The fourth-order valence-electron chi connectivity index (χ4n) is 4.03. The van der Waals surface area contributed by atoms with Gasteiger partial charge in [-0.1, -0.05) is 23.8 Å². The van der Waals surface area contributed by atoms with Crippen molar-refractivity contribution in [3.05, 3.63) is 53.8 Å². The average Bonchev–Trinajstić information content (AvgIpc) is 3.27. The van der Waals surface area contributed by atoms with E-state index in [0.29, 0.717) is 41.5 Å². The minimum absolute atomic E-state index is 0.187. The number of amides is 1. The monoisotopic (exact) mass is 504 g/mol. The molecule has 0 saturated carbocycles. The minimum Gasteiger partial charge on any atom is -0.309 e. The number of carbonyl (C=O) groups is 1. The molecule has 34 heavy (non-hydrogen) atoms. The topological polar surface area (TPSA) is 73.8 Å². The van der Waals surface area contributed by atoms with E-state index in [1.54, 1.807) is 29.2 Å². The number of hydrogen-bond donors (Lipinski definition) is 0.